The second kappa shape index (κ2) is 3.76. The van der Waals surface area contributed by atoms with Gasteiger partial charge in [0, 0.05) is 0 Å². The Hall–Kier alpha value is -0.505. The summed E-state index contributed by atoms with van der Waals surface area (Å²) in [4.78, 5) is 0. The number of alkyl halides is 1. The summed E-state index contributed by atoms with van der Waals surface area (Å²) in [5.41, 5.74) is 0.712. The first kappa shape index (κ1) is 8.59. The van der Waals surface area contributed by atoms with Gasteiger partial charge in [-0.25, -0.2) is 0 Å². The van der Waals surface area contributed by atoms with Crippen molar-refractivity contribution >= 4 is 18.7 Å². The van der Waals surface area contributed by atoms with Crippen LogP contribution in [0, 0.1) is 0 Å². The van der Waals surface area contributed by atoms with Gasteiger partial charge in [0.05, 0.1) is 5.28 Å². The Bertz CT molecular complexity index is 215. The zero-order valence-corrected chi connectivity index (χ0v) is 6.57. The molecule has 1 unspecified atom stereocenters. The van der Waals surface area contributed by atoms with E-state index >= 15 is 0 Å². The van der Waals surface area contributed by atoms with Gasteiger partial charge in [-0.15, -0.1) is 11.6 Å². The van der Waals surface area contributed by atoms with Gasteiger partial charge in [-0.05, 0) is 5.56 Å². The molecule has 0 aliphatic heterocycles. The lowest BCUT2D eigenvalue weighted by molar-refractivity contribution is 0.402. The molecule has 0 aliphatic rings. The molecular formula is C7H8BClO2. The molecule has 0 heterocycles. The topological polar surface area (TPSA) is 40.5 Å². The molecule has 4 heteroatoms. The van der Waals surface area contributed by atoms with Crippen LogP contribution >= 0.6 is 11.6 Å². The van der Waals surface area contributed by atoms with E-state index in [2.05, 4.69) is 0 Å². The van der Waals surface area contributed by atoms with E-state index in [1.807, 2.05) is 6.07 Å². The van der Waals surface area contributed by atoms with Gasteiger partial charge in [0.15, 0.2) is 0 Å². The van der Waals surface area contributed by atoms with Crippen molar-refractivity contribution in [2.24, 2.45) is 0 Å². The van der Waals surface area contributed by atoms with Crippen LogP contribution in [-0.4, -0.2) is 17.2 Å². The molecule has 1 atom stereocenters. The van der Waals surface area contributed by atoms with E-state index in [9.17, 15) is 0 Å². The summed E-state index contributed by atoms with van der Waals surface area (Å²) in [6.45, 7) is 0. The maximum atomic E-state index is 8.70. The third-order valence-corrected chi connectivity index (χ3v) is 1.86. The van der Waals surface area contributed by atoms with Gasteiger partial charge >= 0.3 is 7.12 Å². The average Bonchev–Trinajstić information content (AvgIpc) is 2.05. The molecule has 0 amide bonds. The molecule has 11 heavy (non-hydrogen) atoms. The van der Waals surface area contributed by atoms with Crippen LogP contribution in [0.3, 0.4) is 0 Å². The zero-order valence-electron chi connectivity index (χ0n) is 5.81. The third-order valence-electron chi connectivity index (χ3n) is 1.38. The van der Waals surface area contributed by atoms with Gasteiger partial charge < -0.3 is 10.0 Å². The lowest BCUT2D eigenvalue weighted by atomic mass is 9.81. The first-order valence-corrected chi connectivity index (χ1v) is 3.70. The maximum Gasteiger partial charge on any atom is 0.475 e. The van der Waals surface area contributed by atoms with E-state index in [1.54, 1.807) is 24.3 Å². The molecule has 0 bridgehead atoms. The molecule has 2 N–H and O–H groups in total. The fraction of sp³-hybridized carbons (Fsp3) is 0.143. The molecule has 0 aromatic heterocycles. The monoisotopic (exact) mass is 170 g/mol. The van der Waals surface area contributed by atoms with Crippen LogP contribution in [0.25, 0.3) is 0 Å². The highest BCUT2D eigenvalue weighted by Crippen LogP contribution is 2.20. The molecule has 1 aromatic rings. The Morgan fingerprint density at radius 1 is 1.18 bits per heavy atom. The van der Waals surface area contributed by atoms with Crippen molar-refractivity contribution < 1.29 is 10.0 Å². The van der Waals surface area contributed by atoms with Gasteiger partial charge in [0.2, 0.25) is 0 Å². The lowest BCUT2D eigenvalue weighted by Gasteiger charge is -2.06. The Balaban J connectivity index is 2.77. The maximum absolute atomic E-state index is 8.70. The van der Waals surface area contributed by atoms with E-state index in [1.165, 1.54) is 0 Å². The van der Waals surface area contributed by atoms with Crippen LogP contribution in [0.1, 0.15) is 10.8 Å². The SMILES string of the molecule is OB(O)C(Cl)c1ccccc1. The van der Waals surface area contributed by atoms with Crippen LogP contribution in [0.4, 0.5) is 0 Å². The van der Waals surface area contributed by atoms with Crippen molar-refractivity contribution in [1.29, 1.82) is 0 Å². The second-order valence-corrected chi connectivity index (χ2v) is 2.70. The van der Waals surface area contributed by atoms with Crippen molar-refractivity contribution in [2.45, 2.75) is 5.28 Å². The van der Waals surface area contributed by atoms with E-state index < -0.39 is 12.4 Å². The van der Waals surface area contributed by atoms with E-state index in [4.69, 9.17) is 21.6 Å². The van der Waals surface area contributed by atoms with Crippen LogP contribution in [-0.2, 0) is 0 Å². The fourth-order valence-corrected chi connectivity index (χ4v) is 0.955. The molecule has 0 spiro atoms. The quantitative estimate of drug-likeness (QED) is 0.513. The summed E-state index contributed by atoms with van der Waals surface area (Å²) in [7, 11) is -1.50. The molecule has 1 rings (SSSR count). The molecule has 0 saturated carbocycles. The number of hydrogen-bond acceptors (Lipinski definition) is 2. The van der Waals surface area contributed by atoms with Crippen molar-refractivity contribution in [1.82, 2.24) is 0 Å². The van der Waals surface area contributed by atoms with Crippen molar-refractivity contribution in [3.63, 3.8) is 0 Å². The fourth-order valence-electron chi connectivity index (χ4n) is 0.809. The minimum Gasteiger partial charge on any atom is -0.426 e. The van der Waals surface area contributed by atoms with Gasteiger partial charge in [-0.2, -0.15) is 0 Å². The molecule has 0 saturated heterocycles. The van der Waals surface area contributed by atoms with E-state index in [-0.39, 0.29) is 0 Å². The highest BCUT2D eigenvalue weighted by atomic mass is 35.5. The van der Waals surface area contributed by atoms with Crippen molar-refractivity contribution in [2.75, 3.05) is 0 Å². The van der Waals surface area contributed by atoms with Gasteiger partial charge in [-0.3, -0.25) is 0 Å². The average molecular weight is 170 g/mol. The molecule has 0 radical (unpaired) electrons. The second-order valence-electron chi connectivity index (χ2n) is 2.23. The van der Waals surface area contributed by atoms with Gasteiger partial charge in [0.1, 0.15) is 0 Å². The predicted molar refractivity (Wildman–Crippen MR) is 45.2 cm³/mol. The Morgan fingerprint density at radius 2 is 1.73 bits per heavy atom. The number of benzene rings is 1. The number of rotatable bonds is 2. The zero-order chi connectivity index (χ0) is 8.27. The van der Waals surface area contributed by atoms with E-state index in [0.29, 0.717) is 5.56 Å². The minimum atomic E-state index is -1.50. The van der Waals surface area contributed by atoms with Crippen LogP contribution < -0.4 is 0 Å². The number of halogens is 1. The minimum absolute atomic E-state index is 0.712. The first-order chi connectivity index (χ1) is 5.22. The molecule has 0 fully saturated rings. The van der Waals surface area contributed by atoms with Crippen molar-refractivity contribution in [3.05, 3.63) is 35.9 Å². The van der Waals surface area contributed by atoms with Gasteiger partial charge in [0.25, 0.3) is 0 Å². The largest absolute Gasteiger partial charge is 0.475 e. The molecular weight excluding hydrogens is 162 g/mol. The van der Waals surface area contributed by atoms with Crippen LogP contribution in [0.15, 0.2) is 30.3 Å². The van der Waals surface area contributed by atoms with Crippen LogP contribution in [0.5, 0.6) is 0 Å². The summed E-state index contributed by atoms with van der Waals surface area (Å²) in [6.07, 6.45) is 0. The first-order valence-electron chi connectivity index (χ1n) is 3.27. The summed E-state index contributed by atoms with van der Waals surface area (Å²) < 4.78 is 0. The summed E-state index contributed by atoms with van der Waals surface area (Å²) >= 11 is 5.64. The van der Waals surface area contributed by atoms with Crippen molar-refractivity contribution in [3.8, 4) is 0 Å². The molecule has 58 valence electrons. The predicted octanol–water partition coefficient (Wildman–Crippen LogP) is 0.978. The molecule has 1 aromatic carbocycles. The normalized spacial score (nSPS) is 12.6. The van der Waals surface area contributed by atoms with Crippen LogP contribution in [0.2, 0.25) is 0 Å². The van der Waals surface area contributed by atoms with Gasteiger partial charge in [-0.1, -0.05) is 30.3 Å². The Morgan fingerprint density at radius 3 is 2.18 bits per heavy atom. The summed E-state index contributed by atoms with van der Waals surface area (Å²) in [6, 6.07) is 8.94. The highest BCUT2D eigenvalue weighted by molar-refractivity contribution is 6.56. The smallest absolute Gasteiger partial charge is 0.426 e. The molecule has 0 aliphatic carbocycles. The third kappa shape index (κ3) is 2.22. The Labute approximate surface area is 70.6 Å². The van der Waals surface area contributed by atoms with E-state index in [0.717, 1.165) is 0 Å². The Kier molecular flexibility index (Phi) is 2.94. The number of hydrogen-bond donors (Lipinski definition) is 2. The summed E-state index contributed by atoms with van der Waals surface area (Å²) in [5, 5.41) is 16.7. The lowest BCUT2D eigenvalue weighted by Crippen LogP contribution is -2.18. The standard InChI is InChI=1S/C7H8BClO2/c9-7(8(10)11)6-4-2-1-3-5-6/h1-5,7,10-11H. The highest BCUT2D eigenvalue weighted by Gasteiger charge is 2.21. The molecule has 2 nitrogen and oxygen atoms in total. The summed E-state index contributed by atoms with van der Waals surface area (Å²) in [5.74, 6) is 0.